The van der Waals surface area contributed by atoms with E-state index in [2.05, 4.69) is 11.5 Å². The molecule has 0 bridgehead atoms. The van der Waals surface area contributed by atoms with Crippen molar-refractivity contribution >= 4 is 20.4 Å². The zero-order valence-corrected chi connectivity index (χ0v) is 6.32. The van der Waals surface area contributed by atoms with Crippen molar-refractivity contribution < 1.29 is 18.9 Å². The van der Waals surface area contributed by atoms with Gasteiger partial charge in [0, 0.05) is 6.72 Å². The van der Waals surface area contributed by atoms with E-state index in [1.54, 1.807) is 0 Å². The number of hydrogen-bond acceptors (Lipinski definition) is 1. The van der Waals surface area contributed by atoms with E-state index in [0.29, 0.717) is 0 Å². The van der Waals surface area contributed by atoms with Crippen LogP contribution in [0.15, 0.2) is 4.76 Å². The normalized spacial score (nSPS) is 13.3. The van der Waals surface area contributed by atoms with Crippen LogP contribution in [0.5, 0.6) is 0 Å². The van der Waals surface area contributed by atoms with E-state index in [-0.39, 0.29) is 5.96 Å². The van der Waals surface area contributed by atoms with Crippen molar-refractivity contribution in [3.05, 3.63) is 0 Å². The smallest absolute Gasteiger partial charge is 0.294 e. The number of nitrogens with two attached hydrogens (primary N) is 1. The molecular weight excluding hydrogens is 157 g/mol. The number of hydrogen-bond donors (Lipinski definition) is 3. The molecule has 0 aliphatic heterocycles. The van der Waals surface area contributed by atoms with Gasteiger partial charge in [-0.15, -0.1) is 0 Å². The van der Waals surface area contributed by atoms with Crippen LogP contribution >= 0.6 is 7.75 Å². The Labute approximate surface area is 57.9 Å². The van der Waals surface area contributed by atoms with Gasteiger partial charge in [-0.25, -0.2) is 9.14 Å². The SMILES string of the molecule is C=[N+](C)C(N)=NP(=O)(O)O. The molecule has 0 heterocycles. The molecule has 0 amide bonds. The molecule has 6 nitrogen and oxygen atoms in total. The monoisotopic (exact) mass is 166 g/mol. The van der Waals surface area contributed by atoms with Gasteiger partial charge in [0.15, 0.2) is 0 Å². The topological polar surface area (TPSA) is 98.9 Å². The molecule has 7 heteroatoms. The molecule has 10 heavy (non-hydrogen) atoms. The first-order chi connectivity index (χ1) is 4.33. The van der Waals surface area contributed by atoms with Gasteiger partial charge in [0.2, 0.25) is 0 Å². The summed E-state index contributed by atoms with van der Waals surface area (Å²) in [7, 11) is -2.97. The molecule has 4 N–H and O–H groups in total. The van der Waals surface area contributed by atoms with Crippen molar-refractivity contribution in [3.63, 3.8) is 0 Å². The van der Waals surface area contributed by atoms with Crippen LogP contribution in [0, 0.1) is 0 Å². The average Bonchev–Trinajstić information content (AvgIpc) is 1.60. The third kappa shape index (κ3) is 4.20. The van der Waals surface area contributed by atoms with Crippen LogP contribution in [0.2, 0.25) is 0 Å². The zero-order chi connectivity index (χ0) is 8.36. The summed E-state index contributed by atoms with van der Waals surface area (Å²) >= 11 is 0. The van der Waals surface area contributed by atoms with E-state index in [0.717, 1.165) is 4.58 Å². The second kappa shape index (κ2) is 2.92. The molecule has 0 fully saturated rings. The van der Waals surface area contributed by atoms with Crippen LogP contribution < -0.4 is 5.73 Å². The molecule has 0 saturated heterocycles. The van der Waals surface area contributed by atoms with E-state index in [4.69, 9.17) is 15.5 Å². The Morgan fingerprint density at radius 1 is 1.80 bits per heavy atom. The first kappa shape index (κ1) is 9.29. The van der Waals surface area contributed by atoms with Crippen LogP contribution in [-0.4, -0.2) is 34.1 Å². The molecule has 0 spiro atoms. The fourth-order valence-electron chi connectivity index (χ4n) is 0.210. The highest BCUT2D eigenvalue weighted by atomic mass is 31.2. The van der Waals surface area contributed by atoms with Gasteiger partial charge < -0.3 is 0 Å². The first-order valence-electron chi connectivity index (χ1n) is 2.28. The van der Waals surface area contributed by atoms with Gasteiger partial charge in [0.05, 0.1) is 7.05 Å². The predicted molar refractivity (Wildman–Crippen MR) is 37.0 cm³/mol. The molecule has 0 unspecified atom stereocenters. The Hall–Kier alpha value is -0.710. The Balaban J connectivity index is 4.48. The fraction of sp³-hybridized carbons (Fsp3) is 0.333. The third-order valence-electron chi connectivity index (χ3n) is 0.624. The highest BCUT2D eigenvalue weighted by Crippen LogP contribution is 2.35. The summed E-state index contributed by atoms with van der Waals surface area (Å²) < 4.78 is 14.0. The third-order valence-corrected chi connectivity index (χ3v) is 1.09. The van der Waals surface area contributed by atoms with Gasteiger partial charge in [-0.3, -0.25) is 15.5 Å². The van der Waals surface area contributed by atoms with Gasteiger partial charge in [-0.2, -0.15) is 0 Å². The van der Waals surface area contributed by atoms with Crippen molar-refractivity contribution in [2.45, 2.75) is 0 Å². The number of guanidine groups is 1. The Morgan fingerprint density at radius 2 is 2.20 bits per heavy atom. The van der Waals surface area contributed by atoms with Crippen molar-refractivity contribution in [1.82, 2.24) is 0 Å². The number of rotatable bonds is 1. The number of nitrogens with zero attached hydrogens (tertiary/aromatic N) is 2. The van der Waals surface area contributed by atoms with Gasteiger partial charge in [-0.05, 0) is 4.76 Å². The van der Waals surface area contributed by atoms with Crippen LogP contribution in [0.4, 0.5) is 0 Å². The summed E-state index contributed by atoms with van der Waals surface area (Å²) in [6, 6.07) is 0. The summed E-state index contributed by atoms with van der Waals surface area (Å²) in [6.45, 7) is 3.26. The summed E-state index contributed by atoms with van der Waals surface area (Å²) in [5.74, 6) is -0.298. The highest BCUT2D eigenvalue weighted by molar-refractivity contribution is 7.50. The molecule has 0 saturated carbocycles. The lowest BCUT2D eigenvalue weighted by Gasteiger charge is -1.92. The average molecular weight is 166 g/mol. The van der Waals surface area contributed by atoms with Crippen LogP contribution in [0.3, 0.4) is 0 Å². The van der Waals surface area contributed by atoms with Crippen LogP contribution in [-0.2, 0) is 4.57 Å². The van der Waals surface area contributed by atoms with Crippen molar-refractivity contribution in [2.75, 3.05) is 7.05 Å². The molecule has 0 atom stereocenters. The maximum Gasteiger partial charge on any atom is 0.525 e. The van der Waals surface area contributed by atoms with Gasteiger partial charge in [-0.1, -0.05) is 0 Å². The highest BCUT2D eigenvalue weighted by Gasteiger charge is 2.19. The second-order valence-electron chi connectivity index (χ2n) is 1.67. The molecule has 0 aromatic heterocycles. The fourth-order valence-corrected chi connectivity index (χ4v) is 0.629. The standard InChI is InChI=1S/C3H8N3O3P/c1-6(2)3(4)5-10(7,8)9/h1H2,2H3,(H3-,4,5,7,8,9)/p+1. The second-order valence-corrected chi connectivity index (χ2v) is 2.90. The van der Waals surface area contributed by atoms with Gasteiger partial charge >= 0.3 is 13.7 Å². The van der Waals surface area contributed by atoms with E-state index in [1.165, 1.54) is 7.05 Å². The van der Waals surface area contributed by atoms with Crippen molar-refractivity contribution in [2.24, 2.45) is 10.5 Å². The summed E-state index contributed by atoms with van der Waals surface area (Å²) in [5.41, 5.74) is 5.02. The Bertz CT molecular complexity index is 217. The lowest BCUT2D eigenvalue weighted by molar-refractivity contribution is -0.362. The molecule has 0 aromatic carbocycles. The van der Waals surface area contributed by atoms with Crippen LogP contribution in [0.1, 0.15) is 0 Å². The summed E-state index contributed by atoms with van der Waals surface area (Å²) in [4.78, 5) is 16.5. The minimum Gasteiger partial charge on any atom is -0.294 e. The van der Waals surface area contributed by atoms with Crippen molar-refractivity contribution in [1.29, 1.82) is 0 Å². The van der Waals surface area contributed by atoms with Gasteiger partial charge in [0.25, 0.3) is 0 Å². The lowest BCUT2D eigenvalue weighted by Crippen LogP contribution is -2.24. The maximum atomic E-state index is 10.1. The first-order valence-corrected chi connectivity index (χ1v) is 3.85. The molecular formula is C3H9N3O3P+. The van der Waals surface area contributed by atoms with E-state index < -0.39 is 7.75 Å². The van der Waals surface area contributed by atoms with Crippen molar-refractivity contribution in [3.8, 4) is 0 Å². The Morgan fingerprint density at radius 3 is 2.30 bits per heavy atom. The Kier molecular flexibility index (Phi) is 2.71. The molecule has 58 valence electrons. The van der Waals surface area contributed by atoms with Crippen LogP contribution in [0.25, 0.3) is 0 Å². The van der Waals surface area contributed by atoms with E-state index in [9.17, 15) is 4.57 Å². The molecule has 0 radical (unpaired) electrons. The minimum absolute atomic E-state index is 0.298. The predicted octanol–water partition coefficient (Wildman–Crippen LogP) is -1.26. The molecule has 0 rings (SSSR count). The minimum atomic E-state index is -4.39. The lowest BCUT2D eigenvalue weighted by atomic mass is 10.9. The molecule has 0 aliphatic rings. The summed E-state index contributed by atoms with van der Waals surface area (Å²) in [5, 5.41) is 0. The summed E-state index contributed by atoms with van der Waals surface area (Å²) in [6.07, 6.45) is 0. The van der Waals surface area contributed by atoms with E-state index >= 15 is 0 Å². The quantitative estimate of drug-likeness (QED) is 0.196. The van der Waals surface area contributed by atoms with E-state index in [1.807, 2.05) is 0 Å². The van der Waals surface area contributed by atoms with Gasteiger partial charge in [0.1, 0.15) is 0 Å². The zero-order valence-electron chi connectivity index (χ0n) is 5.43. The largest absolute Gasteiger partial charge is 0.525 e. The maximum absolute atomic E-state index is 10.1. The molecule has 0 aliphatic carbocycles. The molecule has 0 aromatic rings.